The van der Waals surface area contributed by atoms with Crippen LogP contribution in [0.2, 0.25) is 0 Å². The zero-order chi connectivity index (χ0) is 19.1. The van der Waals surface area contributed by atoms with Gasteiger partial charge in [0.25, 0.3) is 0 Å². The Bertz CT molecular complexity index is 1040. The molecule has 3 aromatic rings. The van der Waals surface area contributed by atoms with Gasteiger partial charge in [-0.2, -0.15) is 0 Å². The summed E-state index contributed by atoms with van der Waals surface area (Å²) in [4.78, 5) is 15.2. The van der Waals surface area contributed by atoms with Gasteiger partial charge in [-0.1, -0.05) is 30.3 Å². The van der Waals surface area contributed by atoms with Crippen LogP contribution in [0.25, 0.3) is 11.3 Å². The fourth-order valence-electron chi connectivity index (χ4n) is 4.30. The third-order valence-corrected chi connectivity index (χ3v) is 5.89. The molecule has 0 saturated carbocycles. The highest BCUT2D eigenvalue weighted by Crippen LogP contribution is 2.45. The van der Waals surface area contributed by atoms with Gasteiger partial charge in [0.05, 0.1) is 11.1 Å². The van der Waals surface area contributed by atoms with Crippen molar-refractivity contribution < 1.29 is 9.90 Å². The van der Waals surface area contributed by atoms with E-state index in [2.05, 4.69) is 32.5 Å². The minimum Gasteiger partial charge on any atom is -0.507 e. The van der Waals surface area contributed by atoms with Crippen molar-refractivity contribution in [3.05, 3.63) is 66.2 Å². The zero-order valence-corrected chi connectivity index (χ0v) is 15.3. The van der Waals surface area contributed by atoms with Crippen LogP contribution in [0.3, 0.4) is 0 Å². The molecule has 1 spiro atoms. The molecule has 2 aromatic carbocycles. The number of nitrogens with one attached hydrogen (secondary N) is 1. The lowest BCUT2D eigenvalue weighted by molar-refractivity contribution is -0.121. The summed E-state index contributed by atoms with van der Waals surface area (Å²) in [5.74, 6) is 0.693. The molecule has 1 aromatic heterocycles. The van der Waals surface area contributed by atoms with Crippen LogP contribution in [0.4, 0.5) is 11.5 Å². The summed E-state index contributed by atoms with van der Waals surface area (Å²) in [5.41, 5.74) is 2.68. The van der Waals surface area contributed by atoms with Gasteiger partial charge >= 0.3 is 0 Å². The number of hydrogen-bond donors (Lipinski definition) is 2. The molecular formula is C22H20N4O2. The summed E-state index contributed by atoms with van der Waals surface area (Å²) in [5, 5.41) is 21.6. The lowest BCUT2D eigenvalue weighted by Crippen LogP contribution is -2.46. The molecule has 3 heterocycles. The van der Waals surface area contributed by atoms with Gasteiger partial charge in [-0.3, -0.25) is 4.79 Å². The number of hydrogen-bond acceptors (Lipinski definition) is 5. The van der Waals surface area contributed by atoms with E-state index in [0.29, 0.717) is 29.9 Å². The molecule has 1 saturated heterocycles. The number of aromatic hydroxyl groups is 1. The molecule has 2 aliphatic rings. The fraction of sp³-hybridized carbons (Fsp3) is 0.227. The van der Waals surface area contributed by atoms with Crippen LogP contribution in [-0.4, -0.2) is 34.3 Å². The van der Waals surface area contributed by atoms with E-state index >= 15 is 0 Å². The first-order valence-electron chi connectivity index (χ1n) is 9.45. The number of fused-ring (bicyclic) bond motifs is 2. The second-order valence-corrected chi connectivity index (χ2v) is 7.37. The number of aromatic nitrogens is 2. The Morgan fingerprint density at radius 3 is 2.43 bits per heavy atom. The Hall–Kier alpha value is -3.41. The number of rotatable bonds is 2. The summed E-state index contributed by atoms with van der Waals surface area (Å²) in [6.45, 7) is 1.59. The van der Waals surface area contributed by atoms with E-state index in [1.165, 1.54) is 5.69 Å². The van der Waals surface area contributed by atoms with E-state index < -0.39 is 5.41 Å². The highest BCUT2D eigenvalue weighted by atomic mass is 16.3. The molecule has 28 heavy (non-hydrogen) atoms. The van der Waals surface area contributed by atoms with E-state index in [9.17, 15) is 9.90 Å². The lowest BCUT2D eigenvalue weighted by atomic mass is 9.74. The average molecular weight is 372 g/mol. The van der Waals surface area contributed by atoms with Crippen molar-refractivity contribution in [2.24, 2.45) is 0 Å². The summed E-state index contributed by atoms with van der Waals surface area (Å²) >= 11 is 0. The Morgan fingerprint density at radius 1 is 0.964 bits per heavy atom. The van der Waals surface area contributed by atoms with Crippen LogP contribution in [0.15, 0.2) is 60.7 Å². The number of para-hydroxylation sites is 2. The summed E-state index contributed by atoms with van der Waals surface area (Å²) in [7, 11) is 0. The molecule has 1 amide bonds. The number of phenols is 1. The van der Waals surface area contributed by atoms with E-state index in [-0.39, 0.29) is 11.7 Å². The van der Waals surface area contributed by atoms with Crippen LogP contribution in [0.5, 0.6) is 5.75 Å². The first-order valence-corrected chi connectivity index (χ1v) is 9.45. The van der Waals surface area contributed by atoms with Crippen LogP contribution < -0.4 is 10.2 Å². The van der Waals surface area contributed by atoms with Crippen molar-refractivity contribution in [1.82, 2.24) is 10.2 Å². The van der Waals surface area contributed by atoms with Gasteiger partial charge in [0.1, 0.15) is 5.75 Å². The van der Waals surface area contributed by atoms with Crippen molar-refractivity contribution in [1.29, 1.82) is 0 Å². The van der Waals surface area contributed by atoms with Crippen molar-refractivity contribution in [2.75, 3.05) is 23.3 Å². The average Bonchev–Trinajstić information content (AvgIpc) is 3.00. The van der Waals surface area contributed by atoms with Gasteiger partial charge in [0, 0.05) is 29.9 Å². The third-order valence-electron chi connectivity index (χ3n) is 5.89. The molecular weight excluding hydrogens is 352 g/mol. The fourth-order valence-corrected chi connectivity index (χ4v) is 4.30. The third kappa shape index (κ3) is 2.52. The van der Waals surface area contributed by atoms with Gasteiger partial charge in [-0.15, -0.1) is 10.2 Å². The molecule has 0 bridgehead atoms. The van der Waals surface area contributed by atoms with Crippen LogP contribution in [0, 0.1) is 0 Å². The van der Waals surface area contributed by atoms with Crippen LogP contribution in [-0.2, 0) is 10.2 Å². The molecule has 0 atom stereocenters. The largest absolute Gasteiger partial charge is 0.507 e. The Kier molecular flexibility index (Phi) is 3.79. The quantitative estimate of drug-likeness (QED) is 0.721. The zero-order valence-electron chi connectivity index (χ0n) is 15.3. The highest BCUT2D eigenvalue weighted by molar-refractivity contribution is 6.05. The monoisotopic (exact) mass is 372 g/mol. The predicted molar refractivity (Wildman–Crippen MR) is 107 cm³/mol. The van der Waals surface area contributed by atoms with Crippen molar-refractivity contribution in [3.63, 3.8) is 0 Å². The van der Waals surface area contributed by atoms with Crippen molar-refractivity contribution >= 4 is 17.4 Å². The summed E-state index contributed by atoms with van der Waals surface area (Å²) in [6, 6.07) is 19.2. The highest BCUT2D eigenvalue weighted by Gasteiger charge is 2.49. The minimum atomic E-state index is -0.588. The Labute approximate surface area is 162 Å². The van der Waals surface area contributed by atoms with Crippen LogP contribution in [0.1, 0.15) is 18.4 Å². The van der Waals surface area contributed by atoms with Gasteiger partial charge in [0.2, 0.25) is 5.91 Å². The van der Waals surface area contributed by atoms with E-state index in [1.807, 2.05) is 30.3 Å². The van der Waals surface area contributed by atoms with E-state index in [1.54, 1.807) is 18.2 Å². The number of piperidine rings is 1. The predicted octanol–water partition coefficient (Wildman–Crippen LogP) is 3.34. The maximum absolute atomic E-state index is 12.9. The van der Waals surface area contributed by atoms with Crippen molar-refractivity contribution in [3.8, 4) is 17.0 Å². The molecule has 2 aliphatic heterocycles. The summed E-state index contributed by atoms with van der Waals surface area (Å²) < 4.78 is 0. The maximum Gasteiger partial charge on any atom is 0.236 e. The normalized spacial score (nSPS) is 17.4. The molecule has 1 fully saturated rings. The topological polar surface area (TPSA) is 78.3 Å². The number of nitrogens with zero attached hydrogens (tertiary/aromatic N) is 3. The van der Waals surface area contributed by atoms with Gasteiger partial charge in [-0.25, -0.2) is 0 Å². The summed E-state index contributed by atoms with van der Waals surface area (Å²) in [6.07, 6.45) is 1.43. The van der Waals surface area contributed by atoms with Gasteiger partial charge < -0.3 is 15.3 Å². The number of carbonyl (C=O) groups is 1. The second-order valence-electron chi connectivity index (χ2n) is 7.37. The molecule has 2 N–H and O–H groups in total. The standard InChI is InChI=1S/C22H20N4O2/c27-19-9-5-4-8-16(19)18-14-17-20(25-24-18)23-21(28)22(17)10-12-26(13-11-22)15-6-2-1-3-7-15/h1-9,14,27H,10-13H2,(H,23,25,28). The molecule has 6 nitrogen and oxygen atoms in total. The lowest BCUT2D eigenvalue weighted by Gasteiger charge is -2.39. The number of anilines is 2. The smallest absolute Gasteiger partial charge is 0.236 e. The first-order chi connectivity index (χ1) is 13.7. The van der Waals surface area contributed by atoms with Crippen LogP contribution >= 0.6 is 0 Å². The number of phenolic OH excluding ortho intramolecular Hbond substituents is 1. The molecule has 0 radical (unpaired) electrons. The SMILES string of the molecule is O=C1Nc2nnc(-c3ccccc3O)cc2C12CCN(c1ccccc1)CC2. The van der Waals surface area contributed by atoms with Gasteiger partial charge in [-0.05, 0) is 43.2 Å². The number of benzene rings is 2. The van der Waals surface area contributed by atoms with Crippen molar-refractivity contribution in [2.45, 2.75) is 18.3 Å². The Balaban J connectivity index is 1.49. The number of amides is 1. The molecule has 0 unspecified atom stereocenters. The maximum atomic E-state index is 12.9. The molecule has 5 rings (SSSR count). The minimum absolute atomic E-state index is 0.000977. The second kappa shape index (κ2) is 6.34. The first kappa shape index (κ1) is 16.7. The molecule has 0 aliphatic carbocycles. The Morgan fingerprint density at radius 2 is 1.68 bits per heavy atom. The van der Waals surface area contributed by atoms with Gasteiger partial charge in [0.15, 0.2) is 5.82 Å². The molecule has 140 valence electrons. The van der Waals surface area contributed by atoms with E-state index in [4.69, 9.17) is 0 Å². The van der Waals surface area contributed by atoms with E-state index in [0.717, 1.165) is 18.7 Å². The number of carbonyl (C=O) groups excluding carboxylic acids is 1. The molecule has 6 heteroatoms.